The van der Waals surface area contributed by atoms with Crippen molar-refractivity contribution < 1.29 is 4.79 Å². The van der Waals surface area contributed by atoms with Crippen molar-refractivity contribution in [1.29, 1.82) is 0 Å². The van der Waals surface area contributed by atoms with Gasteiger partial charge in [-0.2, -0.15) is 5.10 Å². The first kappa shape index (κ1) is 13.6. The zero-order valence-corrected chi connectivity index (χ0v) is 12.5. The fourth-order valence-electron chi connectivity index (χ4n) is 2.98. The largest absolute Gasteiger partial charge is 0.292 e. The van der Waals surface area contributed by atoms with Crippen molar-refractivity contribution in [2.45, 2.75) is 47.6 Å². The summed E-state index contributed by atoms with van der Waals surface area (Å²) in [5.41, 5.74) is 0.658. The summed E-state index contributed by atoms with van der Waals surface area (Å²) in [5.74, 6) is 0.177. The molecule has 100 valence electrons. The molecule has 1 heterocycles. The van der Waals surface area contributed by atoms with Crippen LogP contribution in [-0.2, 0) is 6.54 Å². The topological polar surface area (TPSA) is 34.9 Å². The Morgan fingerprint density at radius 2 is 1.94 bits per heavy atom. The number of aryl methyl sites for hydroxylation is 1. The van der Waals surface area contributed by atoms with Crippen LogP contribution in [0.4, 0.5) is 0 Å². The van der Waals surface area contributed by atoms with Crippen LogP contribution in [-0.4, -0.2) is 15.6 Å². The molecule has 0 N–H and O–H groups in total. The molecule has 2 rings (SSSR count). The van der Waals surface area contributed by atoms with E-state index < -0.39 is 0 Å². The predicted octanol–water partition coefficient (Wildman–Crippen LogP) is 3.81. The minimum atomic E-state index is 0.0364. The van der Waals surface area contributed by atoms with Crippen LogP contribution in [0, 0.1) is 16.7 Å². The molecule has 1 aromatic rings. The third-order valence-electron chi connectivity index (χ3n) is 4.75. The molecule has 3 nitrogen and oxygen atoms in total. The van der Waals surface area contributed by atoms with Crippen LogP contribution in [0.5, 0.6) is 0 Å². The highest BCUT2D eigenvalue weighted by molar-refractivity contribution is 6.33. The summed E-state index contributed by atoms with van der Waals surface area (Å²) in [5, 5.41) is 4.67. The van der Waals surface area contributed by atoms with E-state index in [1.807, 2.05) is 0 Å². The Balaban J connectivity index is 2.34. The third kappa shape index (κ3) is 1.71. The molecule has 0 bridgehead atoms. The minimum absolute atomic E-state index is 0.0364. The van der Waals surface area contributed by atoms with E-state index in [1.54, 1.807) is 10.9 Å². The van der Waals surface area contributed by atoms with Crippen molar-refractivity contribution in [3.05, 3.63) is 16.9 Å². The van der Waals surface area contributed by atoms with E-state index in [9.17, 15) is 4.79 Å². The Labute approximate surface area is 114 Å². The predicted molar refractivity (Wildman–Crippen MR) is 72.9 cm³/mol. The van der Waals surface area contributed by atoms with Crippen LogP contribution in [0.2, 0.25) is 5.02 Å². The Morgan fingerprint density at radius 1 is 1.39 bits per heavy atom. The smallest absolute Gasteiger partial charge is 0.186 e. The molecule has 0 saturated heterocycles. The number of halogens is 1. The Bertz CT molecular complexity index is 474. The maximum Gasteiger partial charge on any atom is 0.186 e. The van der Waals surface area contributed by atoms with E-state index in [2.05, 4.69) is 39.7 Å². The van der Waals surface area contributed by atoms with Crippen LogP contribution in [0.1, 0.15) is 51.5 Å². The van der Waals surface area contributed by atoms with Crippen LogP contribution in [0.15, 0.2) is 6.20 Å². The van der Waals surface area contributed by atoms with E-state index in [1.165, 1.54) is 0 Å². The standard InChI is InChI=1S/C14H21ClN2O/c1-6-7-17-10(9(15)8-16-17)11(18)12-13(2,3)14(12,4)5/h8,12H,6-7H2,1-5H3. The summed E-state index contributed by atoms with van der Waals surface area (Å²) in [6, 6.07) is 0. The Hall–Kier alpha value is -0.830. The van der Waals surface area contributed by atoms with Gasteiger partial charge in [-0.25, -0.2) is 0 Å². The molecule has 0 aromatic carbocycles. The minimum Gasteiger partial charge on any atom is -0.292 e. The molecular formula is C14H21ClN2O. The number of hydrogen-bond acceptors (Lipinski definition) is 2. The van der Waals surface area contributed by atoms with Gasteiger partial charge in [0.15, 0.2) is 5.78 Å². The van der Waals surface area contributed by atoms with E-state index in [4.69, 9.17) is 11.6 Å². The number of ketones is 1. The second-order valence-corrected chi connectivity index (χ2v) is 6.71. The fourth-order valence-corrected chi connectivity index (χ4v) is 3.21. The molecule has 0 amide bonds. The van der Waals surface area contributed by atoms with Gasteiger partial charge in [0, 0.05) is 12.5 Å². The van der Waals surface area contributed by atoms with Crippen molar-refractivity contribution in [3.8, 4) is 0 Å². The first-order valence-electron chi connectivity index (χ1n) is 6.50. The molecule has 1 aromatic heterocycles. The summed E-state index contributed by atoms with van der Waals surface area (Å²) in [6.07, 6.45) is 2.52. The number of Topliss-reactive ketones (excluding diaryl/α,β-unsaturated/α-hetero) is 1. The van der Waals surface area contributed by atoms with Crippen molar-refractivity contribution in [3.63, 3.8) is 0 Å². The number of carbonyl (C=O) groups is 1. The van der Waals surface area contributed by atoms with Crippen LogP contribution in [0.25, 0.3) is 0 Å². The summed E-state index contributed by atoms with van der Waals surface area (Å²) in [4.78, 5) is 12.7. The summed E-state index contributed by atoms with van der Waals surface area (Å²) in [6.45, 7) is 11.4. The van der Waals surface area contributed by atoms with Gasteiger partial charge in [0.25, 0.3) is 0 Å². The second kappa shape index (κ2) is 4.09. The normalized spacial score (nSPS) is 21.0. The van der Waals surface area contributed by atoms with Gasteiger partial charge in [-0.15, -0.1) is 0 Å². The van der Waals surface area contributed by atoms with E-state index in [0.717, 1.165) is 13.0 Å². The average Bonchev–Trinajstić information content (AvgIpc) is 2.55. The zero-order chi connectivity index (χ0) is 13.7. The maximum absolute atomic E-state index is 12.7. The van der Waals surface area contributed by atoms with Gasteiger partial charge in [-0.05, 0) is 17.3 Å². The first-order valence-corrected chi connectivity index (χ1v) is 6.88. The molecular weight excluding hydrogens is 248 g/mol. The van der Waals surface area contributed by atoms with Crippen LogP contribution in [0.3, 0.4) is 0 Å². The number of rotatable bonds is 4. The van der Waals surface area contributed by atoms with E-state index in [0.29, 0.717) is 10.7 Å². The van der Waals surface area contributed by atoms with Gasteiger partial charge in [-0.1, -0.05) is 46.2 Å². The SMILES string of the molecule is CCCn1ncc(Cl)c1C(=O)C1C(C)(C)C1(C)C. The maximum atomic E-state index is 12.7. The number of hydrogen-bond donors (Lipinski definition) is 0. The van der Waals surface area contributed by atoms with E-state index >= 15 is 0 Å². The molecule has 18 heavy (non-hydrogen) atoms. The highest BCUT2D eigenvalue weighted by atomic mass is 35.5. The monoisotopic (exact) mass is 268 g/mol. The van der Waals surface area contributed by atoms with Gasteiger partial charge in [0.1, 0.15) is 5.69 Å². The van der Waals surface area contributed by atoms with Gasteiger partial charge >= 0.3 is 0 Å². The van der Waals surface area contributed by atoms with Gasteiger partial charge in [-0.3, -0.25) is 9.48 Å². The lowest BCUT2D eigenvalue weighted by atomic mass is 10.0. The van der Waals surface area contributed by atoms with Gasteiger partial charge in [0.05, 0.1) is 11.2 Å². The average molecular weight is 269 g/mol. The lowest BCUT2D eigenvalue weighted by molar-refractivity contribution is 0.0934. The quantitative estimate of drug-likeness (QED) is 0.779. The van der Waals surface area contributed by atoms with Crippen molar-refractivity contribution in [2.75, 3.05) is 0 Å². The molecule has 1 saturated carbocycles. The van der Waals surface area contributed by atoms with Gasteiger partial charge < -0.3 is 0 Å². The summed E-state index contributed by atoms with van der Waals surface area (Å²) in [7, 11) is 0. The van der Waals surface area contributed by atoms with Crippen molar-refractivity contribution in [1.82, 2.24) is 9.78 Å². The van der Waals surface area contributed by atoms with Crippen molar-refractivity contribution in [2.24, 2.45) is 16.7 Å². The molecule has 0 unspecified atom stereocenters. The molecule has 1 fully saturated rings. The lowest BCUT2D eigenvalue weighted by Crippen LogP contribution is -2.15. The molecule has 1 aliphatic carbocycles. The van der Waals surface area contributed by atoms with Crippen LogP contribution < -0.4 is 0 Å². The second-order valence-electron chi connectivity index (χ2n) is 6.30. The number of nitrogens with zero attached hydrogens (tertiary/aromatic N) is 2. The molecule has 0 spiro atoms. The molecule has 0 atom stereocenters. The lowest BCUT2D eigenvalue weighted by Gasteiger charge is -2.07. The van der Waals surface area contributed by atoms with E-state index in [-0.39, 0.29) is 22.5 Å². The highest BCUT2D eigenvalue weighted by Gasteiger charge is 2.68. The summed E-state index contributed by atoms with van der Waals surface area (Å²) < 4.78 is 1.75. The Morgan fingerprint density at radius 3 is 2.39 bits per heavy atom. The number of carbonyl (C=O) groups excluding carboxylic acids is 1. The van der Waals surface area contributed by atoms with Crippen molar-refractivity contribution >= 4 is 17.4 Å². The fraction of sp³-hybridized carbons (Fsp3) is 0.714. The van der Waals surface area contributed by atoms with Gasteiger partial charge in [0.2, 0.25) is 0 Å². The first-order chi connectivity index (χ1) is 8.25. The highest BCUT2D eigenvalue weighted by Crippen LogP contribution is 2.69. The molecule has 1 aliphatic rings. The Kier molecular flexibility index (Phi) is 3.09. The van der Waals surface area contributed by atoms with Crippen LogP contribution >= 0.6 is 11.6 Å². The molecule has 0 aliphatic heterocycles. The number of aromatic nitrogens is 2. The zero-order valence-electron chi connectivity index (χ0n) is 11.7. The third-order valence-corrected chi connectivity index (χ3v) is 5.02. The molecule has 0 radical (unpaired) electrons. The molecule has 4 heteroatoms. The summed E-state index contributed by atoms with van der Waals surface area (Å²) >= 11 is 6.13.